The highest BCUT2D eigenvalue weighted by atomic mass is 79.9. The van der Waals surface area contributed by atoms with Gasteiger partial charge in [0.25, 0.3) is 0 Å². The summed E-state index contributed by atoms with van der Waals surface area (Å²) in [6.07, 6.45) is 8.68. The molecule has 1 saturated carbocycles. The van der Waals surface area contributed by atoms with Crippen LogP contribution in [0.4, 0.5) is 0 Å². The number of nitrogens with zero attached hydrogens (tertiary/aromatic N) is 1. The molecule has 18 heavy (non-hydrogen) atoms. The van der Waals surface area contributed by atoms with Crippen LogP contribution in [-0.4, -0.2) is 12.0 Å². The van der Waals surface area contributed by atoms with E-state index in [0.717, 1.165) is 16.3 Å². The van der Waals surface area contributed by atoms with E-state index in [-0.39, 0.29) is 0 Å². The molecule has 1 unspecified atom stereocenters. The number of nitrogens with one attached hydrogen (secondary N) is 1. The van der Waals surface area contributed by atoms with Gasteiger partial charge in [-0.2, -0.15) is 0 Å². The van der Waals surface area contributed by atoms with Crippen LogP contribution in [0, 0.1) is 11.8 Å². The predicted molar refractivity (Wildman–Crippen MR) is 79.5 cm³/mol. The van der Waals surface area contributed by atoms with Crippen LogP contribution >= 0.6 is 15.9 Å². The van der Waals surface area contributed by atoms with Crippen molar-refractivity contribution in [2.45, 2.75) is 45.1 Å². The minimum Gasteiger partial charge on any atom is -0.311 e. The third kappa shape index (κ3) is 3.33. The van der Waals surface area contributed by atoms with Crippen molar-refractivity contribution in [2.75, 3.05) is 7.05 Å². The molecule has 0 aliphatic heterocycles. The number of aromatic nitrogens is 1. The molecule has 3 heteroatoms. The molecule has 1 aliphatic rings. The van der Waals surface area contributed by atoms with Crippen LogP contribution in [0.5, 0.6) is 0 Å². The lowest BCUT2D eigenvalue weighted by atomic mass is 9.77. The maximum absolute atomic E-state index is 4.55. The van der Waals surface area contributed by atoms with E-state index < -0.39 is 0 Å². The average molecular weight is 311 g/mol. The Balaban J connectivity index is 2.03. The van der Waals surface area contributed by atoms with Gasteiger partial charge in [-0.3, -0.25) is 4.98 Å². The molecule has 0 amide bonds. The lowest BCUT2D eigenvalue weighted by Crippen LogP contribution is -2.29. The van der Waals surface area contributed by atoms with Crippen molar-refractivity contribution in [1.29, 1.82) is 0 Å². The number of pyridine rings is 1. The van der Waals surface area contributed by atoms with Crippen molar-refractivity contribution in [3.63, 3.8) is 0 Å². The normalized spacial score (nSPS) is 25.9. The molecule has 1 aliphatic carbocycles. The van der Waals surface area contributed by atoms with Gasteiger partial charge in [0.15, 0.2) is 0 Å². The van der Waals surface area contributed by atoms with Crippen molar-refractivity contribution in [3.05, 3.63) is 28.5 Å². The summed E-state index contributed by atoms with van der Waals surface area (Å²) in [5, 5.41) is 3.46. The molecule has 1 N–H and O–H groups in total. The van der Waals surface area contributed by atoms with Crippen molar-refractivity contribution in [3.8, 4) is 0 Å². The zero-order valence-corrected chi connectivity index (χ0v) is 12.9. The summed E-state index contributed by atoms with van der Waals surface area (Å²) in [4.78, 5) is 4.55. The molecule has 1 heterocycles. The highest BCUT2D eigenvalue weighted by Gasteiger charge is 2.27. The Morgan fingerprint density at radius 3 is 2.56 bits per heavy atom. The van der Waals surface area contributed by atoms with Crippen molar-refractivity contribution < 1.29 is 0 Å². The van der Waals surface area contributed by atoms with E-state index in [9.17, 15) is 0 Å². The molecule has 2 nitrogen and oxygen atoms in total. The smallest absolute Gasteiger partial charge is 0.0576 e. The third-order valence-corrected chi connectivity index (χ3v) is 4.79. The van der Waals surface area contributed by atoms with Crippen LogP contribution in [0.15, 0.2) is 22.8 Å². The highest BCUT2D eigenvalue weighted by molar-refractivity contribution is 9.10. The Morgan fingerprint density at radius 2 is 2.06 bits per heavy atom. The molecule has 2 rings (SSSR count). The minimum absolute atomic E-state index is 0.413. The molecular formula is C15H23BrN2. The Bertz CT molecular complexity index is 355. The fourth-order valence-corrected chi connectivity index (χ4v) is 3.36. The van der Waals surface area contributed by atoms with Gasteiger partial charge in [0, 0.05) is 10.7 Å². The monoisotopic (exact) mass is 310 g/mol. The largest absolute Gasteiger partial charge is 0.311 e. The summed E-state index contributed by atoms with van der Waals surface area (Å²) in [5.41, 5.74) is 1.18. The van der Waals surface area contributed by atoms with Gasteiger partial charge in [-0.1, -0.05) is 26.2 Å². The van der Waals surface area contributed by atoms with Crippen molar-refractivity contribution >= 4 is 15.9 Å². The van der Waals surface area contributed by atoms with Gasteiger partial charge in [0.1, 0.15) is 0 Å². The quantitative estimate of drug-likeness (QED) is 0.895. The first-order valence-corrected chi connectivity index (χ1v) is 7.82. The average Bonchev–Trinajstić information content (AvgIpc) is 2.42. The molecule has 0 aromatic carbocycles. The predicted octanol–water partition coefficient (Wildman–Crippen LogP) is 4.32. The molecule has 1 aromatic rings. The minimum atomic E-state index is 0.413. The highest BCUT2D eigenvalue weighted by Crippen LogP contribution is 2.37. The molecule has 0 bridgehead atoms. The summed E-state index contributed by atoms with van der Waals surface area (Å²) >= 11 is 3.45. The first kappa shape index (κ1) is 14.0. The van der Waals surface area contributed by atoms with E-state index in [1.165, 1.54) is 37.8 Å². The lowest BCUT2D eigenvalue weighted by Gasteiger charge is -2.33. The first-order valence-electron chi connectivity index (χ1n) is 7.03. The fraction of sp³-hybridized carbons (Fsp3) is 0.667. The molecule has 1 aromatic heterocycles. The molecule has 0 radical (unpaired) electrons. The van der Waals surface area contributed by atoms with E-state index in [1.807, 2.05) is 6.20 Å². The number of halogens is 1. The molecule has 1 atom stereocenters. The van der Waals surface area contributed by atoms with Crippen LogP contribution in [0.3, 0.4) is 0 Å². The fourth-order valence-electron chi connectivity index (χ4n) is 3.13. The van der Waals surface area contributed by atoms with Crippen LogP contribution in [-0.2, 0) is 0 Å². The van der Waals surface area contributed by atoms with E-state index >= 15 is 0 Å². The molecule has 100 valence electrons. The van der Waals surface area contributed by atoms with Crippen molar-refractivity contribution in [1.82, 2.24) is 10.3 Å². The second-order valence-corrected chi connectivity index (χ2v) is 6.27. The van der Waals surface area contributed by atoms with E-state index in [2.05, 4.69) is 52.3 Å². The Morgan fingerprint density at radius 1 is 1.33 bits per heavy atom. The standard InChI is InChI=1S/C15H23BrN2/c1-3-11-4-6-12(7-5-11)15(17-2)14-9-8-13(16)10-18-14/h8-12,15,17H,3-7H2,1-2H3. The summed E-state index contributed by atoms with van der Waals surface area (Å²) in [6, 6.07) is 4.64. The molecule has 0 saturated heterocycles. The Labute approximate surface area is 119 Å². The van der Waals surface area contributed by atoms with Crippen molar-refractivity contribution in [2.24, 2.45) is 11.8 Å². The first-order chi connectivity index (χ1) is 8.74. The maximum atomic E-state index is 4.55. The number of hydrogen-bond acceptors (Lipinski definition) is 2. The lowest BCUT2D eigenvalue weighted by molar-refractivity contribution is 0.222. The van der Waals surface area contributed by atoms with Gasteiger partial charge >= 0.3 is 0 Å². The maximum Gasteiger partial charge on any atom is 0.0576 e. The van der Waals surface area contributed by atoms with E-state index in [4.69, 9.17) is 0 Å². The molecule has 1 fully saturated rings. The zero-order valence-electron chi connectivity index (χ0n) is 11.3. The van der Waals surface area contributed by atoms with Gasteiger partial charge in [-0.25, -0.2) is 0 Å². The van der Waals surface area contributed by atoms with Crippen LogP contribution in [0.2, 0.25) is 0 Å². The van der Waals surface area contributed by atoms with Gasteiger partial charge in [0.2, 0.25) is 0 Å². The van der Waals surface area contributed by atoms with Gasteiger partial charge < -0.3 is 5.32 Å². The second-order valence-electron chi connectivity index (χ2n) is 5.36. The topological polar surface area (TPSA) is 24.9 Å². The summed E-state index contributed by atoms with van der Waals surface area (Å²) < 4.78 is 1.05. The SMILES string of the molecule is CCC1CCC(C(NC)c2ccc(Br)cn2)CC1. The molecule has 0 spiro atoms. The number of hydrogen-bond donors (Lipinski definition) is 1. The van der Waals surface area contributed by atoms with E-state index in [0.29, 0.717) is 6.04 Å². The number of rotatable bonds is 4. The Kier molecular flexibility index (Phi) is 5.19. The second kappa shape index (κ2) is 6.67. The molecular weight excluding hydrogens is 288 g/mol. The van der Waals surface area contributed by atoms with Crippen LogP contribution < -0.4 is 5.32 Å². The summed E-state index contributed by atoms with van der Waals surface area (Å²) in [6.45, 7) is 2.32. The summed E-state index contributed by atoms with van der Waals surface area (Å²) in [7, 11) is 2.06. The summed E-state index contributed by atoms with van der Waals surface area (Å²) in [5.74, 6) is 1.70. The van der Waals surface area contributed by atoms with Gasteiger partial charge in [-0.05, 0) is 59.8 Å². The van der Waals surface area contributed by atoms with Gasteiger partial charge in [0.05, 0.1) is 11.7 Å². The third-order valence-electron chi connectivity index (χ3n) is 4.32. The van der Waals surface area contributed by atoms with Crippen LogP contribution in [0.1, 0.15) is 50.8 Å². The van der Waals surface area contributed by atoms with Gasteiger partial charge in [-0.15, -0.1) is 0 Å². The zero-order chi connectivity index (χ0) is 13.0. The van der Waals surface area contributed by atoms with E-state index in [1.54, 1.807) is 0 Å². The Hall–Kier alpha value is -0.410. The van der Waals surface area contributed by atoms with Crippen LogP contribution in [0.25, 0.3) is 0 Å².